The summed E-state index contributed by atoms with van der Waals surface area (Å²) in [7, 11) is 0. The van der Waals surface area contributed by atoms with E-state index in [4.69, 9.17) is 16.7 Å². The lowest BCUT2D eigenvalue weighted by molar-refractivity contribution is 0.281. The van der Waals surface area contributed by atoms with Crippen molar-refractivity contribution in [2.24, 2.45) is 0 Å². The van der Waals surface area contributed by atoms with Gasteiger partial charge in [0.2, 0.25) is 0 Å². The molecule has 0 fully saturated rings. The van der Waals surface area contributed by atoms with Gasteiger partial charge >= 0.3 is 0 Å². The van der Waals surface area contributed by atoms with E-state index in [-0.39, 0.29) is 6.61 Å². The second-order valence-corrected chi connectivity index (χ2v) is 5.31. The maximum atomic E-state index is 9.16. The number of halogens is 1. The number of aliphatic hydroxyl groups excluding tert-OH is 1. The molecule has 0 spiro atoms. The Morgan fingerprint density at radius 1 is 1.10 bits per heavy atom. The van der Waals surface area contributed by atoms with Crippen LogP contribution in [-0.4, -0.2) is 5.11 Å². The molecule has 0 aromatic heterocycles. The summed E-state index contributed by atoms with van der Waals surface area (Å²) < 4.78 is 0. The van der Waals surface area contributed by atoms with Gasteiger partial charge in [-0.05, 0) is 35.2 Å². The number of benzene rings is 2. The summed E-state index contributed by atoms with van der Waals surface area (Å²) in [5, 5.41) is 13.5. The molecule has 2 N–H and O–H groups in total. The van der Waals surface area contributed by atoms with Crippen LogP contribution in [0.3, 0.4) is 0 Å². The Morgan fingerprint density at radius 2 is 1.80 bits per heavy atom. The average molecular weight is 290 g/mol. The van der Waals surface area contributed by atoms with Crippen molar-refractivity contribution in [3.8, 4) is 0 Å². The highest BCUT2D eigenvalue weighted by Gasteiger charge is 2.08. The third-order valence-electron chi connectivity index (χ3n) is 3.41. The molecule has 0 aliphatic carbocycles. The van der Waals surface area contributed by atoms with E-state index in [1.807, 2.05) is 30.3 Å². The minimum atomic E-state index is 0.0855. The SMILES string of the molecule is CCC(NCc1cccc(CO)c1)c1ccc(Cl)cc1. The Hall–Kier alpha value is -1.35. The first-order chi connectivity index (χ1) is 9.72. The number of nitrogens with one attached hydrogen (secondary N) is 1. The number of aliphatic hydroxyl groups is 1. The van der Waals surface area contributed by atoms with E-state index in [1.54, 1.807) is 0 Å². The highest BCUT2D eigenvalue weighted by molar-refractivity contribution is 6.30. The largest absolute Gasteiger partial charge is 0.392 e. The van der Waals surface area contributed by atoms with Gasteiger partial charge in [-0.1, -0.05) is 54.9 Å². The monoisotopic (exact) mass is 289 g/mol. The van der Waals surface area contributed by atoms with Crippen molar-refractivity contribution in [1.29, 1.82) is 0 Å². The van der Waals surface area contributed by atoms with Gasteiger partial charge in [-0.3, -0.25) is 0 Å². The van der Waals surface area contributed by atoms with Gasteiger partial charge < -0.3 is 10.4 Å². The maximum Gasteiger partial charge on any atom is 0.0681 e. The first-order valence-corrected chi connectivity index (χ1v) is 7.28. The third kappa shape index (κ3) is 4.07. The van der Waals surface area contributed by atoms with Crippen LogP contribution in [0.1, 0.15) is 36.1 Å². The lowest BCUT2D eigenvalue weighted by Gasteiger charge is -2.18. The Labute approximate surface area is 125 Å². The molecule has 0 saturated heterocycles. The first-order valence-electron chi connectivity index (χ1n) is 6.90. The van der Waals surface area contributed by atoms with Gasteiger partial charge in [0.15, 0.2) is 0 Å². The van der Waals surface area contributed by atoms with E-state index < -0.39 is 0 Å². The summed E-state index contributed by atoms with van der Waals surface area (Å²) in [6.07, 6.45) is 1.02. The van der Waals surface area contributed by atoms with E-state index in [0.29, 0.717) is 6.04 Å². The molecule has 2 rings (SSSR count). The summed E-state index contributed by atoms with van der Waals surface area (Å²) in [6.45, 7) is 3.04. The number of hydrogen-bond acceptors (Lipinski definition) is 2. The van der Waals surface area contributed by atoms with Gasteiger partial charge in [0.05, 0.1) is 6.61 Å². The topological polar surface area (TPSA) is 32.3 Å². The van der Waals surface area contributed by atoms with Crippen molar-refractivity contribution in [2.45, 2.75) is 32.5 Å². The maximum absolute atomic E-state index is 9.16. The van der Waals surface area contributed by atoms with E-state index in [2.05, 4.69) is 30.4 Å². The Balaban J connectivity index is 2.01. The second-order valence-electron chi connectivity index (χ2n) is 4.87. The summed E-state index contributed by atoms with van der Waals surface area (Å²) in [4.78, 5) is 0. The third-order valence-corrected chi connectivity index (χ3v) is 3.66. The molecule has 3 heteroatoms. The highest BCUT2D eigenvalue weighted by atomic mass is 35.5. The quantitative estimate of drug-likeness (QED) is 0.840. The van der Waals surface area contributed by atoms with Gasteiger partial charge in [0, 0.05) is 17.6 Å². The molecular formula is C17H20ClNO. The van der Waals surface area contributed by atoms with Crippen LogP contribution in [0.2, 0.25) is 5.02 Å². The molecule has 0 aliphatic heterocycles. The van der Waals surface area contributed by atoms with Crippen LogP contribution in [0, 0.1) is 0 Å². The standard InChI is InChI=1S/C17H20ClNO/c1-2-17(15-6-8-16(18)9-7-15)19-11-13-4-3-5-14(10-13)12-20/h3-10,17,19-20H,2,11-12H2,1H3. The summed E-state index contributed by atoms with van der Waals surface area (Å²) in [6, 6.07) is 16.3. The summed E-state index contributed by atoms with van der Waals surface area (Å²) in [5.74, 6) is 0. The predicted octanol–water partition coefficient (Wildman–Crippen LogP) is 4.07. The van der Waals surface area contributed by atoms with Crippen molar-refractivity contribution in [1.82, 2.24) is 5.32 Å². The van der Waals surface area contributed by atoms with E-state index in [1.165, 1.54) is 11.1 Å². The Morgan fingerprint density at radius 3 is 2.45 bits per heavy atom. The van der Waals surface area contributed by atoms with Crippen LogP contribution in [-0.2, 0) is 13.2 Å². The molecule has 0 radical (unpaired) electrons. The van der Waals surface area contributed by atoms with Crippen molar-refractivity contribution in [2.75, 3.05) is 0 Å². The first kappa shape index (κ1) is 15.0. The zero-order valence-corrected chi connectivity index (χ0v) is 12.4. The molecular weight excluding hydrogens is 270 g/mol. The van der Waals surface area contributed by atoms with Gasteiger partial charge in [-0.15, -0.1) is 0 Å². The molecule has 20 heavy (non-hydrogen) atoms. The Bertz CT molecular complexity index is 539. The molecule has 106 valence electrons. The van der Waals surface area contributed by atoms with Crippen LogP contribution in [0.5, 0.6) is 0 Å². The highest BCUT2D eigenvalue weighted by Crippen LogP contribution is 2.19. The fraction of sp³-hybridized carbons (Fsp3) is 0.294. The van der Waals surface area contributed by atoms with Crippen molar-refractivity contribution < 1.29 is 5.11 Å². The van der Waals surface area contributed by atoms with E-state index in [9.17, 15) is 0 Å². The van der Waals surface area contributed by atoms with Crippen LogP contribution in [0.4, 0.5) is 0 Å². The zero-order chi connectivity index (χ0) is 14.4. The summed E-state index contributed by atoms with van der Waals surface area (Å²) >= 11 is 5.92. The molecule has 1 unspecified atom stereocenters. The van der Waals surface area contributed by atoms with Gasteiger partial charge in [0.25, 0.3) is 0 Å². The van der Waals surface area contributed by atoms with Crippen molar-refractivity contribution in [3.05, 3.63) is 70.2 Å². The second kappa shape index (κ2) is 7.44. The smallest absolute Gasteiger partial charge is 0.0681 e. The van der Waals surface area contributed by atoms with Crippen LogP contribution < -0.4 is 5.32 Å². The summed E-state index contributed by atoms with van der Waals surface area (Å²) in [5.41, 5.74) is 3.38. The lowest BCUT2D eigenvalue weighted by atomic mass is 10.0. The van der Waals surface area contributed by atoms with Crippen molar-refractivity contribution >= 4 is 11.6 Å². The van der Waals surface area contributed by atoms with Crippen molar-refractivity contribution in [3.63, 3.8) is 0 Å². The van der Waals surface area contributed by atoms with Crippen LogP contribution in [0.25, 0.3) is 0 Å². The molecule has 0 aliphatic rings. The molecule has 2 aromatic rings. The molecule has 1 atom stereocenters. The molecule has 0 amide bonds. The lowest BCUT2D eigenvalue weighted by Crippen LogP contribution is -2.20. The zero-order valence-electron chi connectivity index (χ0n) is 11.6. The number of rotatable bonds is 6. The van der Waals surface area contributed by atoms with E-state index >= 15 is 0 Å². The normalized spacial score (nSPS) is 12.3. The molecule has 0 heterocycles. The predicted molar refractivity (Wildman–Crippen MR) is 83.7 cm³/mol. The molecule has 2 nitrogen and oxygen atoms in total. The van der Waals surface area contributed by atoms with Gasteiger partial charge in [-0.2, -0.15) is 0 Å². The minimum Gasteiger partial charge on any atom is -0.392 e. The minimum absolute atomic E-state index is 0.0855. The fourth-order valence-electron chi connectivity index (χ4n) is 2.27. The molecule has 2 aromatic carbocycles. The van der Waals surface area contributed by atoms with Crippen LogP contribution >= 0.6 is 11.6 Å². The Kier molecular flexibility index (Phi) is 5.60. The van der Waals surface area contributed by atoms with Gasteiger partial charge in [0.1, 0.15) is 0 Å². The number of hydrogen-bond donors (Lipinski definition) is 2. The van der Waals surface area contributed by atoms with Gasteiger partial charge in [-0.25, -0.2) is 0 Å². The van der Waals surface area contributed by atoms with Crippen LogP contribution in [0.15, 0.2) is 48.5 Å². The van der Waals surface area contributed by atoms with E-state index in [0.717, 1.165) is 23.6 Å². The molecule has 0 saturated carbocycles. The fourth-order valence-corrected chi connectivity index (χ4v) is 2.40. The molecule has 0 bridgehead atoms. The average Bonchev–Trinajstić information content (AvgIpc) is 2.50.